The number of nitrogens with zero attached hydrogens (tertiary/aromatic N) is 1. The second-order valence-corrected chi connectivity index (χ2v) is 10.6. The summed E-state index contributed by atoms with van der Waals surface area (Å²) in [6.45, 7) is 4.06. The van der Waals surface area contributed by atoms with Crippen molar-refractivity contribution >= 4 is 23.8 Å². The molecule has 1 aliphatic rings. The van der Waals surface area contributed by atoms with Crippen LogP contribution in [-0.2, 0) is 17.6 Å². The molecule has 5 N–H and O–H groups in total. The number of amides is 2. The lowest BCUT2D eigenvalue weighted by atomic mass is 9.86. The van der Waals surface area contributed by atoms with Crippen LogP contribution in [0.25, 0.3) is 28.5 Å². The van der Waals surface area contributed by atoms with Gasteiger partial charge in [0.2, 0.25) is 0 Å². The van der Waals surface area contributed by atoms with Gasteiger partial charge in [0, 0.05) is 30.3 Å². The molecule has 0 spiro atoms. The number of aryl methyl sites for hydroxylation is 1. The Morgan fingerprint density at radius 1 is 1.10 bits per heavy atom. The van der Waals surface area contributed by atoms with Gasteiger partial charge in [-0.15, -0.1) is 0 Å². The number of carboxylic acids is 1. The Morgan fingerprint density at radius 2 is 1.83 bits per heavy atom. The number of benzene rings is 2. The first-order chi connectivity index (χ1) is 19.6. The largest absolute Gasteiger partial charge is 0.481 e. The molecule has 0 radical (unpaired) electrons. The molecular formula is C32H36FN3O5. The first kappa shape index (κ1) is 29.9. The molecule has 2 amide bonds. The van der Waals surface area contributed by atoms with Crippen LogP contribution in [0.1, 0.15) is 61.4 Å². The number of fused-ring (bicyclic) bond motifs is 3. The van der Waals surface area contributed by atoms with Gasteiger partial charge in [0.25, 0.3) is 0 Å². The van der Waals surface area contributed by atoms with E-state index in [1.54, 1.807) is 31.3 Å². The Balaban J connectivity index is 1.88. The van der Waals surface area contributed by atoms with Crippen molar-refractivity contribution in [1.82, 2.24) is 10.3 Å². The molecule has 1 heterocycles. The van der Waals surface area contributed by atoms with Gasteiger partial charge in [0.1, 0.15) is 5.82 Å². The lowest BCUT2D eigenvalue weighted by molar-refractivity contribution is -0.139. The zero-order valence-corrected chi connectivity index (χ0v) is 23.4. The monoisotopic (exact) mass is 561 g/mol. The van der Waals surface area contributed by atoms with Gasteiger partial charge in [-0.3, -0.25) is 9.78 Å². The Labute approximate surface area is 239 Å². The summed E-state index contributed by atoms with van der Waals surface area (Å²) < 4.78 is 14.0. The van der Waals surface area contributed by atoms with Crippen LogP contribution in [0.3, 0.4) is 0 Å². The first-order valence-electron chi connectivity index (χ1n) is 13.8. The third-order valence-electron chi connectivity index (χ3n) is 7.17. The summed E-state index contributed by atoms with van der Waals surface area (Å²) in [7, 11) is 1.56. The Kier molecular flexibility index (Phi) is 9.52. The minimum Gasteiger partial charge on any atom is -0.481 e. The average molecular weight is 562 g/mol. The second kappa shape index (κ2) is 13.1. The van der Waals surface area contributed by atoms with E-state index in [1.807, 2.05) is 32.0 Å². The average Bonchev–Trinajstić information content (AvgIpc) is 3.09. The minimum atomic E-state index is -1.18. The van der Waals surface area contributed by atoms with E-state index in [4.69, 9.17) is 10.1 Å². The lowest BCUT2D eigenvalue weighted by Crippen LogP contribution is -2.24. The number of hydrogen-bond donors (Lipinski definition) is 5. The van der Waals surface area contributed by atoms with E-state index in [2.05, 4.69) is 10.6 Å². The maximum Gasteiger partial charge on any atom is 0.318 e. The van der Waals surface area contributed by atoms with Crippen LogP contribution < -0.4 is 10.6 Å². The lowest BCUT2D eigenvalue weighted by Gasteiger charge is -2.22. The molecule has 1 aliphatic carbocycles. The van der Waals surface area contributed by atoms with Gasteiger partial charge in [0.05, 0.1) is 30.0 Å². The smallest absolute Gasteiger partial charge is 0.318 e. The molecule has 3 aromatic rings. The fourth-order valence-corrected chi connectivity index (χ4v) is 5.29. The van der Waals surface area contributed by atoms with Crippen LogP contribution >= 0.6 is 0 Å². The topological polar surface area (TPSA) is 132 Å². The summed E-state index contributed by atoms with van der Waals surface area (Å²) in [4.78, 5) is 28.0. The zero-order valence-electron chi connectivity index (χ0n) is 23.4. The summed E-state index contributed by atoms with van der Waals surface area (Å²) in [6.07, 6.45) is 2.81. The highest BCUT2D eigenvalue weighted by Gasteiger charge is 2.25. The van der Waals surface area contributed by atoms with Crippen molar-refractivity contribution in [1.29, 1.82) is 0 Å². The van der Waals surface area contributed by atoms with Gasteiger partial charge in [0.15, 0.2) is 0 Å². The van der Waals surface area contributed by atoms with Crippen molar-refractivity contribution in [2.24, 2.45) is 0 Å². The van der Waals surface area contributed by atoms with Gasteiger partial charge in [-0.25, -0.2) is 9.18 Å². The van der Waals surface area contributed by atoms with Gasteiger partial charge in [-0.2, -0.15) is 0 Å². The molecule has 2 atom stereocenters. The van der Waals surface area contributed by atoms with E-state index in [1.165, 1.54) is 12.1 Å². The van der Waals surface area contributed by atoms with Gasteiger partial charge in [-0.05, 0) is 71.7 Å². The molecule has 216 valence electrons. The quantitative estimate of drug-likeness (QED) is 0.234. The van der Waals surface area contributed by atoms with Crippen LogP contribution in [0.2, 0.25) is 0 Å². The third kappa shape index (κ3) is 7.17. The van der Waals surface area contributed by atoms with Crippen molar-refractivity contribution < 1.29 is 29.3 Å². The van der Waals surface area contributed by atoms with E-state index in [0.717, 1.165) is 57.6 Å². The predicted molar refractivity (Wildman–Crippen MR) is 157 cm³/mol. The number of halogens is 1. The fourth-order valence-electron chi connectivity index (χ4n) is 5.29. The van der Waals surface area contributed by atoms with Crippen LogP contribution in [-0.4, -0.2) is 51.6 Å². The number of aliphatic hydroxyl groups is 2. The number of nitrogens with one attached hydrogen (secondary N) is 2. The number of pyridine rings is 1. The molecule has 0 aliphatic heterocycles. The minimum absolute atomic E-state index is 0.00483. The molecule has 4 rings (SSSR count). The Hall–Kier alpha value is -4.08. The van der Waals surface area contributed by atoms with E-state index in [9.17, 15) is 24.2 Å². The number of carbonyl (C=O) groups is 2. The van der Waals surface area contributed by atoms with Crippen LogP contribution in [0.5, 0.6) is 0 Å². The summed E-state index contributed by atoms with van der Waals surface area (Å²) in [5.41, 5.74) is 7.86. The number of rotatable bonds is 9. The van der Waals surface area contributed by atoms with E-state index in [-0.39, 0.29) is 24.2 Å². The van der Waals surface area contributed by atoms with E-state index >= 15 is 0 Å². The molecular weight excluding hydrogens is 525 g/mol. The molecule has 1 aromatic heterocycles. The van der Waals surface area contributed by atoms with Crippen molar-refractivity contribution in [3.8, 4) is 22.4 Å². The standard InChI is InChI=1S/C32H36FN3O5/c1-18(2)30-27(14-12-23(37)16-24(38)17-28(39)40)29(19-7-9-21(33)10-8-19)26-6-4-5-20-15-22(35-32(41)34-3)11-13-25(20)31(26)36-30/h7-15,18,23-24,37-38H,4-6,16-17H2,1-3H3,(H,39,40)(H2,34,35,41)/t23-,24-/m1/s1. The second-order valence-electron chi connectivity index (χ2n) is 10.6. The van der Waals surface area contributed by atoms with Crippen LogP contribution in [0.4, 0.5) is 14.9 Å². The number of aliphatic carboxylic acids is 1. The van der Waals surface area contributed by atoms with Crippen molar-refractivity contribution in [2.75, 3.05) is 12.4 Å². The number of carbonyl (C=O) groups excluding carboxylic acids is 1. The number of urea groups is 1. The third-order valence-corrected chi connectivity index (χ3v) is 7.17. The SMILES string of the molecule is CNC(=O)Nc1ccc2c(c1)CCCc1c-2nc(C(C)C)c(C=C[C@@H](O)C[C@@H](O)CC(=O)O)c1-c1ccc(F)cc1. The molecule has 9 heteroatoms. The highest BCUT2D eigenvalue weighted by molar-refractivity contribution is 5.90. The number of aromatic nitrogens is 1. The first-order valence-corrected chi connectivity index (χ1v) is 13.8. The fraction of sp³-hybridized carbons (Fsp3) is 0.344. The molecule has 41 heavy (non-hydrogen) atoms. The normalized spacial score (nSPS) is 14.2. The van der Waals surface area contributed by atoms with Crippen molar-refractivity contribution in [3.63, 3.8) is 0 Å². The summed E-state index contributed by atoms with van der Waals surface area (Å²) >= 11 is 0. The summed E-state index contributed by atoms with van der Waals surface area (Å²) in [6, 6.07) is 11.8. The number of hydrogen-bond acceptors (Lipinski definition) is 5. The maximum absolute atomic E-state index is 14.0. The predicted octanol–water partition coefficient (Wildman–Crippen LogP) is 5.52. The summed E-state index contributed by atoms with van der Waals surface area (Å²) in [5.74, 6) is -1.49. The molecule has 2 aromatic carbocycles. The van der Waals surface area contributed by atoms with E-state index in [0.29, 0.717) is 12.1 Å². The zero-order chi connectivity index (χ0) is 29.7. The summed E-state index contributed by atoms with van der Waals surface area (Å²) in [5, 5.41) is 34.9. The number of carboxylic acid groups (broad SMARTS) is 1. The molecule has 0 fully saturated rings. The van der Waals surface area contributed by atoms with Gasteiger partial charge < -0.3 is 26.0 Å². The van der Waals surface area contributed by atoms with Crippen LogP contribution in [0.15, 0.2) is 48.5 Å². The number of anilines is 1. The van der Waals surface area contributed by atoms with Gasteiger partial charge >= 0.3 is 12.0 Å². The molecule has 0 bridgehead atoms. The number of aliphatic hydroxyl groups excluding tert-OH is 2. The Bertz CT molecular complexity index is 1450. The highest BCUT2D eigenvalue weighted by Crippen LogP contribution is 2.42. The Morgan fingerprint density at radius 3 is 2.49 bits per heavy atom. The van der Waals surface area contributed by atoms with E-state index < -0.39 is 24.6 Å². The molecule has 0 saturated carbocycles. The molecule has 0 unspecified atom stereocenters. The van der Waals surface area contributed by atoms with Crippen molar-refractivity contribution in [2.45, 2.75) is 64.1 Å². The highest BCUT2D eigenvalue weighted by atomic mass is 19.1. The molecule has 0 saturated heterocycles. The van der Waals surface area contributed by atoms with Crippen molar-refractivity contribution in [3.05, 3.63) is 76.7 Å². The maximum atomic E-state index is 14.0. The van der Waals surface area contributed by atoms with Gasteiger partial charge in [-0.1, -0.05) is 44.2 Å². The van der Waals surface area contributed by atoms with Crippen LogP contribution in [0, 0.1) is 5.82 Å². The molecule has 8 nitrogen and oxygen atoms in total.